The maximum Gasteiger partial charge on any atom is 0.494 e. The Hall–Kier alpha value is -0.575. The lowest BCUT2D eigenvalue weighted by Crippen LogP contribution is -2.41. The molecule has 2 nitrogen and oxygen atoms in total. The van der Waals surface area contributed by atoms with Crippen LogP contribution in [0.3, 0.4) is 0 Å². The molecule has 0 aliphatic carbocycles. The minimum Gasteiger partial charge on any atom is -0.399 e. The van der Waals surface area contributed by atoms with E-state index in [1.54, 1.807) is 13.0 Å². The van der Waals surface area contributed by atoms with Crippen molar-refractivity contribution in [1.82, 2.24) is 0 Å². The van der Waals surface area contributed by atoms with Gasteiger partial charge in [-0.3, -0.25) is 0 Å². The summed E-state index contributed by atoms with van der Waals surface area (Å²) in [6.45, 7) is 9.47. The van der Waals surface area contributed by atoms with Crippen LogP contribution in [0.5, 0.6) is 0 Å². The lowest BCUT2D eigenvalue weighted by molar-refractivity contribution is 0.00578. The van der Waals surface area contributed by atoms with E-state index >= 15 is 0 Å². The van der Waals surface area contributed by atoms with Crippen molar-refractivity contribution >= 4 is 24.2 Å². The molecule has 0 spiro atoms. The SMILES string of the molecule is Cc1c(F)cc(B2OC(C)(C)C(C)(C)O2)cc1Cl. The fourth-order valence-electron chi connectivity index (χ4n) is 1.78. The molecule has 0 aromatic heterocycles. The van der Waals surface area contributed by atoms with Gasteiger partial charge in [-0.15, -0.1) is 0 Å². The van der Waals surface area contributed by atoms with E-state index in [1.807, 2.05) is 27.7 Å². The highest BCUT2D eigenvalue weighted by molar-refractivity contribution is 6.62. The molecule has 0 radical (unpaired) electrons. The van der Waals surface area contributed by atoms with Crippen molar-refractivity contribution in [2.75, 3.05) is 0 Å². The summed E-state index contributed by atoms with van der Waals surface area (Å²) < 4.78 is 25.4. The molecule has 2 rings (SSSR count). The molecular formula is C13H17BClFO2. The fourth-order valence-corrected chi connectivity index (χ4v) is 2.00. The summed E-state index contributed by atoms with van der Waals surface area (Å²) in [7, 11) is -0.581. The molecule has 1 aliphatic heterocycles. The van der Waals surface area contributed by atoms with E-state index in [4.69, 9.17) is 20.9 Å². The van der Waals surface area contributed by atoms with Crippen molar-refractivity contribution in [3.63, 3.8) is 0 Å². The quantitative estimate of drug-likeness (QED) is 0.730. The molecule has 1 aromatic rings. The minimum absolute atomic E-state index is 0.341. The molecule has 18 heavy (non-hydrogen) atoms. The van der Waals surface area contributed by atoms with Crippen molar-refractivity contribution in [2.24, 2.45) is 0 Å². The smallest absolute Gasteiger partial charge is 0.399 e. The Labute approximate surface area is 113 Å². The van der Waals surface area contributed by atoms with Gasteiger partial charge < -0.3 is 9.31 Å². The molecule has 98 valence electrons. The zero-order valence-electron chi connectivity index (χ0n) is 11.3. The Morgan fingerprint density at radius 2 is 1.61 bits per heavy atom. The van der Waals surface area contributed by atoms with Gasteiger partial charge in [-0.2, -0.15) is 0 Å². The molecule has 1 saturated heterocycles. The van der Waals surface area contributed by atoms with Crippen LogP contribution >= 0.6 is 11.6 Å². The maximum absolute atomic E-state index is 13.7. The second-order valence-corrected chi connectivity index (χ2v) is 6.11. The third-order valence-corrected chi connectivity index (χ3v) is 4.22. The van der Waals surface area contributed by atoms with E-state index in [0.29, 0.717) is 16.0 Å². The van der Waals surface area contributed by atoms with Gasteiger partial charge in [0.1, 0.15) is 5.82 Å². The Bertz CT molecular complexity index is 449. The van der Waals surface area contributed by atoms with Crippen LogP contribution in [-0.4, -0.2) is 18.3 Å². The van der Waals surface area contributed by atoms with Crippen molar-refractivity contribution in [3.05, 3.63) is 28.5 Å². The summed E-state index contributed by atoms with van der Waals surface area (Å²) in [6.07, 6.45) is 0. The zero-order chi connectivity index (χ0) is 13.7. The van der Waals surface area contributed by atoms with Crippen molar-refractivity contribution < 1.29 is 13.7 Å². The van der Waals surface area contributed by atoms with E-state index in [1.165, 1.54) is 6.07 Å². The van der Waals surface area contributed by atoms with E-state index < -0.39 is 18.3 Å². The van der Waals surface area contributed by atoms with Gasteiger partial charge in [-0.25, -0.2) is 4.39 Å². The highest BCUT2D eigenvalue weighted by Gasteiger charge is 2.51. The summed E-state index contributed by atoms with van der Waals surface area (Å²) in [4.78, 5) is 0. The minimum atomic E-state index is -0.581. The first-order valence-corrected chi connectivity index (χ1v) is 6.33. The van der Waals surface area contributed by atoms with Crippen molar-refractivity contribution in [3.8, 4) is 0 Å². The van der Waals surface area contributed by atoms with Gasteiger partial charge in [0.05, 0.1) is 11.2 Å². The third kappa shape index (κ3) is 2.17. The monoisotopic (exact) mass is 270 g/mol. The number of halogens is 2. The van der Waals surface area contributed by atoms with Gasteiger partial charge in [0.2, 0.25) is 0 Å². The van der Waals surface area contributed by atoms with Gasteiger partial charge in [0.15, 0.2) is 0 Å². The van der Waals surface area contributed by atoms with Crippen molar-refractivity contribution in [2.45, 2.75) is 45.8 Å². The predicted octanol–water partition coefficient (Wildman–Crippen LogP) is 3.09. The molecule has 0 unspecified atom stereocenters. The van der Waals surface area contributed by atoms with Crippen LogP contribution in [0.15, 0.2) is 12.1 Å². The second-order valence-electron chi connectivity index (χ2n) is 5.70. The van der Waals surface area contributed by atoms with Crippen LogP contribution in [0.4, 0.5) is 4.39 Å². The van der Waals surface area contributed by atoms with E-state index in [0.717, 1.165) is 0 Å². The summed E-state index contributed by atoms with van der Waals surface area (Å²) in [5.41, 5.74) is 0.176. The van der Waals surface area contributed by atoms with Gasteiger partial charge in [0.25, 0.3) is 0 Å². The van der Waals surface area contributed by atoms with E-state index in [9.17, 15) is 4.39 Å². The number of rotatable bonds is 1. The van der Waals surface area contributed by atoms with E-state index in [2.05, 4.69) is 0 Å². The number of hydrogen-bond donors (Lipinski definition) is 0. The topological polar surface area (TPSA) is 18.5 Å². The lowest BCUT2D eigenvalue weighted by Gasteiger charge is -2.32. The summed E-state index contributed by atoms with van der Waals surface area (Å²) in [5, 5.41) is 0.389. The summed E-state index contributed by atoms with van der Waals surface area (Å²) >= 11 is 5.99. The van der Waals surface area contributed by atoms with Crippen molar-refractivity contribution in [1.29, 1.82) is 0 Å². The van der Waals surface area contributed by atoms with Gasteiger partial charge >= 0.3 is 7.12 Å². The van der Waals surface area contributed by atoms with Crippen LogP contribution < -0.4 is 5.46 Å². The molecule has 5 heteroatoms. The predicted molar refractivity (Wildman–Crippen MR) is 71.9 cm³/mol. The highest BCUT2D eigenvalue weighted by atomic mass is 35.5. The maximum atomic E-state index is 13.7. The number of hydrogen-bond acceptors (Lipinski definition) is 2. The van der Waals surface area contributed by atoms with Gasteiger partial charge in [0, 0.05) is 10.6 Å². The average Bonchev–Trinajstić information content (AvgIpc) is 2.44. The highest BCUT2D eigenvalue weighted by Crippen LogP contribution is 2.36. The second kappa shape index (κ2) is 4.22. The molecule has 0 amide bonds. The molecule has 1 aliphatic rings. The first-order chi connectivity index (χ1) is 8.14. The molecule has 0 N–H and O–H groups in total. The summed E-state index contributed by atoms with van der Waals surface area (Å²) in [5.74, 6) is -0.341. The molecular weight excluding hydrogens is 253 g/mol. The molecule has 1 aromatic carbocycles. The number of benzene rings is 1. The van der Waals surface area contributed by atoms with E-state index in [-0.39, 0.29) is 5.82 Å². The zero-order valence-corrected chi connectivity index (χ0v) is 12.1. The van der Waals surface area contributed by atoms with Crippen LogP contribution in [0.2, 0.25) is 5.02 Å². The molecule has 1 fully saturated rings. The lowest BCUT2D eigenvalue weighted by atomic mass is 9.78. The first-order valence-electron chi connectivity index (χ1n) is 5.95. The standard InChI is InChI=1S/C13H17BClFO2/c1-8-10(15)6-9(7-11(8)16)14-17-12(2,3)13(4,5)18-14/h6-7H,1-5H3. The Morgan fingerprint density at radius 3 is 2.06 bits per heavy atom. The fraction of sp³-hybridized carbons (Fsp3) is 0.538. The molecule has 0 bridgehead atoms. The largest absolute Gasteiger partial charge is 0.494 e. The average molecular weight is 271 g/mol. The Balaban J connectivity index is 2.36. The van der Waals surface area contributed by atoms with Gasteiger partial charge in [-0.05, 0) is 52.2 Å². The van der Waals surface area contributed by atoms with Crippen LogP contribution in [-0.2, 0) is 9.31 Å². The molecule has 0 atom stereocenters. The van der Waals surface area contributed by atoms with Crippen LogP contribution in [0.25, 0.3) is 0 Å². The Morgan fingerprint density at radius 1 is 1.11 bits per heavy atom. The molecule has 0 saturated carbocycles. The third-order valence-electron chi connectivity index (χ3n) is 3.83. The summed E-state index contributed by atoms with van der Waals surface area (Å²) in [6, 6.07) is 3.12. The van der Waals surface area contributed by atoms with Gasteiger partial charge in [-0.1, -0.05) is 11.6 Å². The first kappa shape index (κ1) is 13.8. The van der Waals surface area contributed by atoms with Crippen LogP contribution in [0.1, 0.15) is 33.3 Å². The Kier molecular flexibility index (Phi) is 3.25. The molecule has 1 heterocycles. The normalized spacial score (nSPS) is 21.4. The van der Waals surface area contributed by atoms with Crippen LogP contribution in [0, 0.1) is 12.7 Å².